The third-order valence-electron chi connectivity index (χ3n) is 8.21. The predicted octanol–water partition coefficient (Wildman–Crippen LogP) is 7.07. The van der Waals surface area contributed by atoms with Crippen molar-refractivity contribution in [3.8, 4) is 0 Å². The number of hydrogen-bond donors (Lipinski definition) is 0. The number of fused-ring (bicyclic) bond motifs is 2. The molecule has 2 heterocycles. The number of halogens is 2. The maximum Gasteiger partial charge on any atom is 0.337 e. The Hall–Kier alpha value is -0.960. The SMILES string of the molecule is CC1=Nc2ccccc2C1(C)C.CCOP(=O)(CCBr)OCC.CCOP(=O)(CC[N+]1=C(C)C(C)(C)c2ccccc21)OCC.[Br-]. The average molecular weight is 809 g/mol. The van der Waals surface area contributed by atoms with Gasteiger partial charge in [-0.2, -0.15) is 4.58 Å². The first kappa shape index (κ1) is 43.1. The van der Waals surface area contributed by atoms with Crippen LogP contribution in [0.3, 0.4) is 0 Å². The molecule has 46 heavy (non-hydrogen) atoms. The summed E-state index contributed by atoms with van der Waals surface area (Å²) in [6.07, 6.45) is 0.838. The van der Waals surface area contributed by atoms with Gasteiger partial charge in [-0.3, -0.25) is 14.1 Å². The fraction of sp³-hybridized carbons (Fsp3) is 0.588. The van der Waals surface area contributed by atoms with Gasteiger partial charge in [0, 0.05) is 35.0 Å². The minimum Gasteiger partial charge on any atom is -1.00 e. The molecule has 2 aromatic rings. The molecule has 2 aliphatic heterocycles. The number of nitrogens with zero attached hydrogens (tertiary/aromatic N) is 2. The molecule has 0 N–H and O–H groups in total. The van der Waals surface area contributed by atoms with Crippen LogP contribution in [0, 0.1) is 0 Å². The van der Waals surface area contributed by atoms with Crippen LogP contribution in [-0.4, -0.2) is 66.6 Å². The van der Waals surface area contributed by atoms with Crippen LogP contribution >= 0.6 is 31.1 Å². The highest BCUT2D eigenvalue weighted by atomic mass is 79.9. The molecule has 12 heteroatoms. The monoisotopic (exact) mass is 806 g/mol. The summed E-state index contributed by atoms with van der Waals surface area (Å²) in [7, 11) is -5.77. The molecule has 2 aliphatic rings. The lowest BCUT2D eigenvalue weighted by molar-refractivity contribution is -0.433. The highest BCUT2D eigenvalue weighted by Gasteiger charge is 2.43. The zero-order valence-electron chi connectivity index (χ0n) is 29.3. The molecular formula is C34H54Br2N2O6P2. The largest absolute Gasteiger partial charge is 1.00 e. The Balaban J connectivity index is 0.000000374. The zero-order chi connectivity index (χ0) is 33.9. The van der Waals surface area contributed by atoms with Crippen molar-refractivity contribution in [1.29, 1.82) is 0 Å². The van der Waals surface area contributed by atoms with Gasteiger partial charge in [-0.1, -0.05) is 66.2 Å². The minimum atomic E-state index is -3.01. The van der Waals surface area contributed by atoms with E-state index in [-0.39, 0.29) is 27.8 Å². The second kappa shape index (κ2) is 19.3. The van der Waals surface area contributed by atoms with Crippen molar-refractivity contribution in [1.82, 2.24) is 0 Å². The van der Waals surface area contributed by atoms with Gasteiger partial charge in [0.15, 0.2) is 12.3 Å². The van der Waals surface area contributed by atoms with Crippen LogP contribution in [-0.2, 0) is 38.1 Å². The number of benzene rings is 2. The Labute approximate surface area is 296 Å². The molecule has 0 aliphatic carbocycles. The first-order chi connectivity index (χ1) is 21.2. The Kier molecular flexibility index (Phi) is 18.1. The van der Waals surface area contributed by atoms with Crippen molar-refractivity contribution in [3.63, 3.8) is 0 Å². The van der Waals surface area contributed by atoms with Gasteiger partial charge in [-0.25, -0.2) is 0 Å². The Bertz CT molecular complexity index is 1390. The van der Waals surface area contributed by atoms with Gasteiger partial charge >= 0.3 is 15.2 Å². The number of aliphatic imine (C=N–C) groups is 1. The molecule has 0 aromatic heterocycles. The topological polar surface area (TPSA) is 86.4 Å². The summed E-state index contributed by atoms with van der Waals surface area (Å²) < 4.78 is 47.3. The molecule has 4 rings (SSSR count). The van der Waals surface area contributed by atoms with Crippen LogP contribution < -0.4 is 17.0 Å². The smallest absolute Gasteiger partial charge is 0.337 e. The molecule has 2 aromatic carbocycles. The van der Waals surface area contributed by atoms with E-state index in [1.165, 1.54) is 28.2 Å². The van der Waals surface area contributed by atoms with E-state index in [1.807, 2.05) is 26.0 Å². The summed E-state index contributed by atoms with van der Waals surface area (Å²) >= 11 is 3.19. The third-order valence-corrected chi connectivity index (χ3v) is 13.3. The predicted molar refractivity (Wildman–Crippen MR) is 192 cm³/mol. The minimum absolute atomic E-state index is 0. The molecule has 0 spiro atoms. The van der Waals surface area contributed by atoms with Crippen LogP contribution in [0.4, 0.5) is 11.4 Å². The van der Waals surface area contributed by atoms with Crippen molar-refractivity contribution >= 4 is 53.9 Å². The molecule has 0 bridgehead atoms. The molecule has 0 saturated carbocycles. The van der Waals surface area contributed by atoms with Crippen LogP contribution in [0.5, 0.6) is 0 Å². The lowest BCUT2D eigenvalue weighted by atomic mass is 9.82. The number of para-hydroxylation sites is 2. The summed E-state index contributed by atoms with van der Waals surface area (Å²) in [4.78, 5) is 4.52. The van der Waals surface area contributed by atoms with Crippen molar-refractivity contribution in [2.45, 2.75) is 80.1 Å². The molecule has 0 radical (unpaired) electrons. The van der Waals surface area contributed by atoms with Gasteiger partial charge in [-0.05, 0) is 60.1 Å². The lowest BCUT2D eigenvalue weighted by Crippen LogP contribution is -3.00. The fourth-order valence-corrected chi connectivity index (χ4v) is 9.49. The summed E-state index contributed by atoms with van der Waals surface area (Å²) in [5, 5.41) is 0.643. The molecule has 0 atom stereocenters. The fourth-order valence-electron chi connectivity index (χ4n) is 5.30. The van der Waals surface area contributed by atoms with Crippen LogP contribution in [0.25, 0.3) is 0 Å². The van der Waals surface area contributed by atoms with Gasteiger partial charge in [0.25, 0.3) is 0 Å². The highest BCUT2D eigenvalue weighted by molar-refractivity contribution is 9.09. The third kappa shape index (κ3) is 11.0. The average Bonchev–Trinajstić information content (AvgIpc) is 3.33. The van der Waals surface area contributed by atoms with Gasteiger partial charge in [-0.15, -0.1) is 0 Å². The number of hydrogen-bond acceptors (Lipinski definition) is 7. The Morgan fingerprint density at radius 3 is 1.65 bits per heavy atom. The van der Waals surface area contributed by atoms with Crippen molar-refractivity contribution in [3.05, 3.63) is 59.7 Å². The quantitative estimate of drug-likeness (QED) is 0.122. The molecule has 0 fully saturated rings. The van der Waals surface area contributed by atoms with Crippen LogP contribution in [0.15, 0.2) is 53.5 Å². The normalized spacial score (nSPS) is 15.8. The second-order valence-corrected chi connectivity index (χ2v) is 16.9. The summed E-state index contributed by atoms with van der Waals surface area (Å²) in [5.74, 6) is 0. The van der Waals surface area contributed by atoms with E-state index in [1.54, 1.807) is 13.8 Å². The molecule has 8 nitrogen and oxygen atoms in total. The zero-order valence-corrected chi connectivity index (χ0v) is 34.2. The molecule has 0 saturated heterocycles. The maximum atomic E-state index is 12.7. The summed E-state index contributed by atoms with van der Waals surface area (Å²) in [6, 6.07) is 16.8. The van der Waals surface area contributed by atoms with E-state index < -0.39 is 15.2 Å². The maximum absolute atomic E-state index is 12.7. The van der Waals surface area contributed by atoms with Gasteiger partial charge in [0.1, 0.15) is 6.16 Å². The van der Waals surface area contributed by atoms with Gasteiger partial charge in [0.2, 0.25) is 5.69 Å². The Morgan fingerprint density at radius 2 is 1.17 bits per heavy atom. The van der Waals surface area contributed by atoms with Gasteiger partial charge in [0.05, 0.1) is 43.7 Å². The lowest BCUT2D eigenvalue weighted by Gasteiger charge is -2.19. The van der Waals surface area contributed by atoms with Crippen molar-refractivity contribution < 1.29 is 48.8 Å². The number of alkyl halides is 1. The van der Waals surface area contributed by atoms with Gasteiger partial charge < -0.3 is 35.1 Å². The Morgan fingerprint density at radius 1 is 0.717 bits per heavy atom. The first-order valence-electron chi connectivity index (χ1n) is 15.8. The van der Waals surface area contributed by atoms with Crippen LogP contribution in [0.1, 0.15) is 80.4 Å². The van der Waals surface area contributed by atoms with Crippen molar-refractivity contribution in [2.24, 2.45) is 4.99 Å². The summed E-state index contributed by atoms with van der Waals surface area (Å²) in [6.45, 7) is 22.8. The number of rotatable bonds is 13. The van der Waals surface area contributed by atoms with Crippen LogP contribution in [0.2, 0.25) is 0 Å². The second-order valence-electron chi connectivity index (χ2n) is 11.7. The van der Waals surface area contributed by atoms with E-state index in [0.717, 1.165) is 5.69 Å². The van der Waals surface area contributed by atoms with E-state index in [4.69, 9.17) is 18.1 Å². The molecule has 260 valence electrons. The van der Waals surface area contributed by atoms with E-state index in [0.29, 0.717) is 50.6 Å². The first-order valence-corrected chi connectivity index (χ1v) is 20.4. The molecular weight excluding hydrogens is 754 g/mol. The molecule has 0 unspecified atom stereocenters. The summed E-state index contributed by atoms with van der Waals surface area (Å²) in [5.41, 5.74) is 7.62. The van der Waals surface area contributed by atoms with E-state index >= 15 is 0 Å². The van der Waals surface area contributed by atoms with E-state index in [9.17, 15) is 9.13 Å². The van der Waals surface area contributed by atoms with E-state index in [2.05, 4.69) is 103 Å². The molecule has 0 amide bonds. The standard InChI is InChI=1S/C17H27NO3P.C11H13N.C6H14BrO3P.BrH/c1-6-20-22(19,21-7-2)13-12-18-14(3)17(4,5)15-10-8-9-11-16(15)18;1-8-11(2,3)9-6-4-5-7-10(9)12-8;1-3-9-11(8,6-5-7)10-4-2;/h8-11H,6-7,12-13H2,1-5H3;4-7H,1-3H3;3-6H2,1-2H3;1H/q+1;;;/p-1. The highest BCUT2D eigenvalue weighted by Crippen LogP contribution is 2.49. The van der Waals surface area contributed by atoms with Crippen molar-refractivity contribution in [2.75, 3.05) is 50.6 Å².